The van der Waals surface area contributed by atoms with E-state index in [9.17, 15) is 4.79 Å². The molecule has 0 unspecified atom stereocenters. The van der Waals surface area contributed by atoms with Crippen LogP contribution in [0.1, 0.15) is 12.8 Å². The van der Waals surface area contributed by atoms with Crippen molar-refractivity contribution in [3.05, 3.63) is 29.9 Å². The zero-order valence-corrected chi connectivity index (χ0v) is 13.2. The van der Waals surface area contributed by atoms with E-state index in [1.54, 1.807) is 10.4 Å². The summed E-state index contributed by atoms with van der Waals surface area (Å²) < 4.78 is 0. The molecule has 0 atom stereocenters. The topological polar surface area (TPSA) is 74.2 Å². The zero-order valence-electron chi connectivity index (χ0n) is 12.3. The summed E-state index contributed by atoms with van der Waals surface area (Å²) in [6, 6.07) is 6.03. The number of aromatic nitrogens is 3. The van der Waals surface area contributed by atoms with E-state index >= 15 is 0 Å². The molecule has 0 aromatic carbocycles. The van der Waals surface area contributed by atoms with Crippen LogP contribution in [-0.4, -0.2) is 52.3 Å². The maximum absolute atomic E-state index is 12.2. The number of hydrogen-bond acceptors (Lipinski definition) is 6. The summed E-state index contributed by atoms with van der Waals surface area (Å²) in [7, 11) is 1.83. The van der Waals surface area contributed by atoms with E-state index < -0.39 is 0 Å². The minimum atomic E-state index is -0.131. The first-order valence-electron chi connectivity index (χ1n) is 7.20. The molecule has 2 aromatic rings. The Labute approximate surface area is 133 Å². The van der Waals surface area contributed by atoms with Gasteiger partial charge in [0.1, 0.15) is 11.3 Å². The Bertz CT molecular complexity index is 597. The molecule has 3 heterocycles. The van der Waals surface area contributed by atoms with Gasteiger partial charge in [-0.3, -0.25) is 5.32 Å². The summed E-state index contributed by atoms with van der Waals surface area (Å²) >= 11 is 1.32. The van der Waals surface area contributed by atoms with Crippen molar-refractivity contribution in [2.75, 3.05) is 30.4 Å². The Kier molecular flexibility index (Phi) is 4.47. The zero-order chi connectivity index (χ0) is 15.4. The quantitative estimate of drug-likeness (QED) is 0.937. The molecule has 8 heteroatoms. The molecule has 22 heavy (non-hydrogen) atoms. The number of pyridine rings is 1. The van der Waals surface area contributed by atoms with E-state index in [2.05, 4.69) is 25.4 Å². The summed E-state index contributed by atoms with van der Waals surface area (Å²) in [5.41, 5.74) is 1.60. The molecule has 3 rings (SSSR count). The molecule has 1 aliphatic rings. The van der Waals surface area contributed by atoms with Crippen LogP contribution in [0.4, 0.5) is 15.7 Å². The first-order valence-corrected chi connectivity index (χ1v) is 8.08. The third-order valence-electron chi connectivity index (χ3n) is 3.88. The Balaban J connectivity index is 1.53. The van der Waals surface area contributed by atoms with Gasteiger partial charge in [-0.2, -0.15) is 0 Å². The van der Waals surface area contributed by atoms with Gasteiger partial charge in [-0.05, 0) is 25.0 Å². The highest BCUT2D eigenvalue weighted by atomic mass is 32.1. The van der Waals surface area contributed by atoms with Crippen LogP contribution >= 0.6 is 11.3 Å². The van der Waals surface area contributed by atoms with Gasteiger partial charge in [0.05, 0.1) is 0 Å². The van der Waals surface area contributed by atoms with Crippen molar-refractivity contribution in [3.8, 4) is 0 Å². The summed E-state index contributed by atoms with van der Waals surface area (Å²) in [5.74, 6) is 1.00. The molecule has 1 aliphatic heterocycles. The number of nitrogens with one attached hydrogen (secondary N) is 1. The molecule has 0 spiro atoms. The second kappa shape index (κ2) is 6.69. The van der Waals surface area contributed by atoms with Crippen LogP contribution in [0.25, 0.3) is 0 Å². The van der Waals surface area contributed by atoms with Crippen LogP contribution in [0, 0.1) is 0 Å². The fourth-order valence-corrected chi connectivity index (χ4v) is 3.03. The van der Waals surface area contributed by atoms with Gasteiger partial charge >= 0.3 is 6.03 Å². The predicted octanol–water partition coefficient (Wildman–Crippen LogP) is 2.07. The van der Waals surface area contributed by atoms with Crippen molar-refractivity contribution in [1.29, 1.82) is 0 Å². The van der Waals surface area contributed by atoms with Crippen molar-refractivity contribution < 1.29 is 4.79 Å². The third kappa shape index (κ3) is 3.33. The van der Waals surface area contributed by atoms with E-state index in [4.69, 9.17) is 0 Å². The summed E-state index contributed by atoms with van der Waals surface area (Å²) in [6.45, 7) is 1.80. The van der Waals surface area contributed by atoms with Gasteiger partial charge in [-0.25, -0.2) is 9.78 Å². The average Bonchev–Trinajstić information content (AvgIpc) is 3.08. The van der Waals surface area contributed by atoms with E-state index in [0.717, 1.165) is 31.7 Å². The first kappa shape index (κ1) is 14.7. The van der Waals surface area contributed by atoms with Crippen molar-refractivity contribution >= 4 is 28.3 Å². The molecule has 0 bridgehead atoms. The van der Waals surface area contributed by atoms with Crippen molar-refractivity contribution in [2.45, 2.75) is 18.9 Å². The largest absolute Gasteiger partial charge is 0.356 e. The highest BCUT2D eigenvalue weighted by Crippen LogP contribution is 2.21. The van der Waals surface area contributed by atoms with Gasteiger partial charge in [0.25, 0.3) is 0 Å². The molecular formula is C14H18N6OS. The monoisotopic (exact) mass is 318 g/mol. The van der Waals surface area contributed by atoms with E-state index in [0.29, 0.717) is 5.13 Å². The number of nitrogens with zero attached hydrogens (tertiary/aromatic N) is 5. The van der Waals surface area contributed by atoms with Gasteiger partial charge in [0.15, 0.2) is 0 Å². The van der Waals surface area contributed by atoms with E-state index in [1.807, 2.05) is 31.4 Å². The SMILES string of the molecule is CN(C(=O)Nc1nncs1)C1CCN(c2ccccn2)CC1. The van der Waals surface area contributed by atoms with Crippen LogP contribution in [0.5, 0.6) is 0 Å². The highest BCUT2D eigenvalue weighted by molar-refractivity contribution is 7.13. The minimum absolute atomic E-state index is 0.131. The standard InChI is InChI=1S/C14H18N6OS/c1-19(14(21)17-13-18-16-10-22-13)11-5-8-20(9-6-11)12-4-2-3-7-15-12/h2-4,7,10-11H,5-6,8-9H2,1H3,(H,17,18,21). The number of carbonyl (C=O) groups is 1. The number of hydrogen-bond donors (Lipinski definition) is 1. The molecule has 0 saturated carbocycles. The van der Waals surface area contributed by atoms with Gasteiger partial charge in [-0.15, -0.1) is 10.2 Å². The molecular weight excluding hydrogens is 300 g/mol. The van der Waals surface area contributed by atoms with Crippen LogP contribution in [-0.2, 0) is 0 Å². The van der Waals surface area contributed by atoms with Gasteiger partial charge in [0, 0.05) is 32.4 Å². The number of anilines is 2. The van der Waals surface area contributed by atoms with Crippen molar-refractivity contribution in [2.24, 2.45) is 0 Å². The number of urea groups is 1. The van der Waals surface area contributed by atoms with Gasteiger partial charge in [0.2, 0.25) is 5.13 Å². The summed E-state index contributed by atoms with van der Waals surface area (Å²) in [6.07, 6.45) is 3.66. The lowest BCUT2D eigenvalue weighted by molar-refractivity contribution is 0.193. The van der Waals surface area contributed by atoms with Crippen molar-refractivity contribution in [3.63, 3.8) is 0 Å². The summed E-state index contributed by atoms with van der Waals surface area (Å²) in [5, 5.41) is 10.8. The molecule has 1 fully saturated rings. The van der Waals surface area contributed by atoms with Crippen LogP contribution < -0.4 is 10.2 Å². The fraction of sp³-hybridized carbons (Fsp3) is 0.429. The van der Waals surface area contributed by atoms with Crippen LogP contribution in [0.3, 0.4) is 0 Å². The average molecular weight is 318 g/mol. The molecule has 0 aliphatic carbocycles. The Morgan fingerprint density at radius 1 is 1.41 bits per heavy atom. The lowest BCUT2D eigenvalue weighted by atomic mass is 10.0. The van der Waals surface area contributed by atoms with Gasteiger partial charge in [-0.1, -0.05) is 17.4 Å². The smallest absolute Gasteiger partial charge is 0.323 e. The normalized spacial score (nSPS) is 15.6. The first-order chi connectivity index (χ1) is 10.7. The Morgan fingerprint density at radius 2 is 2.23 bits per heavy atom. The highest BCUT2D eigenvalue weighted by Gasteiger charge is 2.26. The maximum atomic E-state index is 12.2. The minimum Gasteiger partial charge on any atom is -0.356 e. The number of amides is 2. The van der Waals surface area contributed by atoms with Crippen LogP contribution in [0.15, 0.2) is 29.9 Å². The maximum Gasteiger partial charge on any atom is 0.323 e. The number of carbonyl (C=O) groups excluding carboxylic acids is 1. The molecule has 1 saturated heterocycles. The Morgan fingerprint density at radius 3 is 2.86 bits per heavy atom. The van der Waals surface area contributed by atoms with E-state index in [-0.39, 0.29) is 12.1 Å². The second-order valence-corrected chi connectivity index (χ2v) is 6.02. The van der Waals surface area contributed by atoms with Crippen LogP contribution in [0.2, 0.25) is 0 Å². The molecule has 116 valence electrons. The molecule has 2 amide bonds. The number of rotatable bonds is 3. The number of piperidine rings is 1. The predicted molar refractivity (Wildman–Crippen MR) is 86.2 cm³/mol. The van der Waals surface area contributed by atoms with E-state index in [1.165, 1.54) is 11.3 Å². The molecule has 0 radical (unpaired) electrons. The molecule has 2 aromatic heterocycles. The van der Waals surface area contributed by atoms with Crippen molar-refractivity contribution in [1.82, 2.24) is 20.1 Å². The summed E-state index contributed by atoms with van der Waals surface area (Å²) in [4.78, 5) is 20.6. The third-order valence-corrected chi connectivity index (χ3v) is 4.49. The second-order valence-electron chi connectivity index (χ2n) is 5.19. The Hall–Kier alpha value is -2.22. The lowest BCUT2D eigenvalue weighted by Gasteiger charge is -2.37. The molecule has 7 nitrogen and oxygen atoms in total. The fourth-order valence-electron chi connectivity index (χ4n) is 2.60. The molecule has 1 N–H and O–H groups in total. The lowest BCUT2D eigenvalue weighted by Crippen LogP contribution is -2.47. The van der Waals surface area contributed by atoms with Gasteiger partial charge < -0.3 is 9.80 Å².